The van der Waals surface area contributed by atoms with Gasteiger partial charge < -0.3 is 30.3 Å². The highest BCUT2D eigenvalue weighted by atomic mass is 16.5. The first-order valence-electron chi connectivity index (χ1n) is 12.8. The van der Waals surface area contributed by atoms with Gasteiger partial charge in [-0.05, 0) is 49.4 Å². The number of nitrogens with zero attached hydrogens (tertiary/aromatic N) is 3. The van der Waals surface area contributed by atoms with E-state index >= 15 is 0 Å². The summed E-state index contributed by atoms with van der Waals surface area (Å²) in [7, 11) is 1.69. The van der Waals surface area contributed by atoms with Crippen LogP contribution in [0.1, 0.15) is 34.6 Å². The number of nitrogens with one attached hydrogen (secondary N) is 2. The van der Waals surface area contributed by atoms with E-state index in [-0.39, 0.29) is 42.5 Å². The molecule has 10 heteroatoms. The fraction of sp³-hybridized carbons (Fsp3) is 0.310. The van der Waals surface area contributed by atoms with E-state index in [1.165, 1.54) is 12.4 Å². The van der Waals surface area contributed by atoms with Gasteiger partial charge in [0.25, 0.3) is 11.8 Å². The van der Waals surface area contributed by atoms with Gasteiger partial charge >= 0.3 is 6.03 Å². The van der Waals surface area contributed by atoms with Gasteiger partial charge in [-0.25, -0.2) is 4.79 Å². The van der Waals surface area contributed by atoms with Gasteiger partial charge in [0, 0.05) is 48.8 Å². The first-order valence-corrected chi connectivity index (χ1v) is 12.8. The van der Waals surface area contributed by atoms with Crippen LogP contribution in [-0.4, -0.2) is 76.6 Å². The Balaban J connectivity index is 1.59. The summed E-state index contributed by atoms with van der Waals surface area (Å²) in [5.41, 5.74) is 1.80. The summed E-state index contributed by atoms with van der Waals surface area (Å²) in [5.74, 6) is -0.471. The van der Waals surface area contributed by atoms with Crippen LogP contribution >= 0.6 is 0 Å². The molecule has 0 unspecified atom stereocenters. The van der Waals surface area contributed by atoms with E-state index in [1.54, 1.807) is 54.1 Å². The number of aliphatic hydroxyl groups is 1. The average Bonchev–Trinajstić information content (AvgIpc) is 2.95. The van der Waals surface area contributed by atoms with Crippen LogP contribution < -0.4 is 15.4 Å². The van der Waals surface area contributed by atoms with Crippen LogP contribution in [0.3, 0.4) is 0 Å². The molecule has 0 saturated carbocycles. The molecule has 204 valence electrons. The third-order valence-electron chi connectivity index (χ3n) is 6.69. The van der Waals surface area contributed by atoms with Gasteiger partial charge in [-0.1, -0.05) is 25.1 Å². The molecule has 1 aromatic heterocycles. The van der Waals surface area contributed by atoms with Gasteiger partial charge in [0.05, 0.1) is 24.8 Å². The quantitative estimate of drug-likeness (QED) is 0.427. The number of amides is 4. The molecule has 0 aliphatic carbocycles. The fourth-order valence-corrected chi connectivity index (χ4v) is 4.32. The molecule has 4 rings (SSSR count). The summed E-state index contributed by atoms with van der Waals surface area (Å²) in [6.45, 7) is 4.08. The maximum Gasteiger partial charge on any atom is 0.321 e. The van der Waals surface area contributed by atoms with Crippen molar-refractivity contribution in [1.29, 1.82) is 0 Å². The van der Waals surface area contributed by atoms with Crippen molar-refractivity contribution in [3.63, 3.8) is 0 Å². The van der Waals surface area contributed by atoms with Crippen LogP contribution in [0.15, 0.2) is 73.1 Å². The monoisotopic (exact) mass is 531 g/mol. The minimum absolute atomic E-state index is 0.158. The molecule has 3 aromatic rings. The molecule has 3 atom stereocenters. The van der Waals surface area contributed by atoms with Crippen molar-refractivity contribution < 1.29 is 24.2 Å². The highest BCUT2D eigenvalue weighted by Gasteiger charge is 2.34. The molecule has 2 aromatic carbocycles. The van der Waals surface area contributed by atoms with Crippen molar-refractivity contribution in [2.75, 3.05) is 37.4 Å². The lowest BCUT2D eigenvalue weighted by molar-refractivity contribution is 0.0371. The summed E-state index contributed by atoms with van der Waals surface area (Å²) >= 11 is 0. The number of aromatic nitrogens is 1. The Morgan fingerprint density at radius 1 is 1.10 bits per heavy atom. The van der Waals surface area contributed by atoms with Gasteiger partial charge in [-0.2, -0.15) is 0 Å². The van der Waals surface area contributed by atoms with E-state index < -0.39 is 12.1 Å². The van der Waals surface area contributed by atoms with E-state index in [2.05, 4.69) is 15.6 Å². The lowest BCUT2D eigenvalue weighted by Crippen LogP contribution is -2.50. The number of benzene rings is 2. The molecular weight excluding hydrogens is 498 g/mol. The summed E-state index contributed by atoms with van der Waals surface area (Å²) in [5, 5.41) is 15.6. The maximum absolute atomic E-state index is 13.6. The molecule has 0 radical (unpaired) electrons. The van der Waals surface area contributed by atoms with Crippen LogP contribution in [0.25, 0.3) is 0 Å². The second kappa shape index (κ2) is 12.4. The van der Waals surface area contributed by atoms with E-state index in [9.17, 15) is 19.5 Å². The zero-order chi connectivity index (χ0) is 27.9. The van der Waals surface area contributed by atoms with Crippen molar-refractivity contribution in [2.24, 2.45) is 5.92 Å². The van der Waals surface area contributed by atoms with Crippen molar-refractivity contribution in [1.82, 2.24) is 14.8 Å². The zero-order valence-corrected chi connectivity index (χ0v) is 22.2. The standard InChI is InChI=1S/C29H33N5O5/c1-19-16-34(20(2)18-35)28(37)24-15-23(31-27(36)21-11-13-30-14-12-21)9-10-25(24)39-26(19)17-33(3)29(38)32-22-7-5-4-6-8-22/h4-15,19-20,26,35H,16-18H2,1-3H3,(H,31,36)(H,32,38)/t19-,20-,26-/m1/s1. The Morgan fingerprint density at radius 2 is 1.82 bits per heavy atom. The third-order valence-corrected chi connectivity index (χ3v) is 6.69. The number of pyridine rings is 1. The second-order valence-corrected chi connectivity index (χ2v) is 9.70. The largest absolute Gasteiger partial charge is 0.487 e. The first-order chi connectivity index (χ1) is 18.8. The second-order valence-electron chi connectivity index (χ2n) is 9.70. The highest BCUT2D eigenvalue weighted by molar-refractivity contribution is 6.05. The number of hydrogen-bond donors (Lipinski definition) is 3. The van der Waals surface area contributed by atoms with Gasteiger partial charge in [0.2, 0.25) is 0 Å². The number of aliphatic hydroxyl groups excluding tert-OH is 1. The Labute approximate surface area is 227 Å². The third kappa shape index (κ3) is 6.71. The Morgan fingerprint density at radius 3 is 2.51 bits per heavy atom. The summed E-state index contributed by atoms with van der Waals surface area (Å²) < 4.78 is 6.34. The van der Waals surface area contributed by atoms with Crippen LogP contribution in [0, 0.1) is 5.92 Å². The molecule has 0 fully saturated rings. The molecule has 1 aliphatic heterocycles. The van der Waals surface area contributed by atoms with E-state index in [1.807, 2.05) is 37.3 Å². The van der Waals surface area contributed by atoms with Gasteiger partial charge in [-0.3, -0.25) is 14.6 Å². The average molecular weight is 532 g/mol. The molecule has 39 heavy (non-hydrogen) atoms. The summed E-state index contributed by atoms with van der Waals surface area (Å²) in [6, 6.07) is 16.5. The zero-order valence-electron chi connectivity index (χ0n) is 22.2. The SMILES string of the molecule is C[C@@H]1CN([C@H](C)CO)C(=O)c2cc(NC(=O)c3ccncc3)ccc2O[C@@H]1CN(C)C(=O)Nc1ccccc1. The molecule has 3 N–H and O–H groups in total. The van der Waals surface area contributed by atoms with E-state index in [0.717, 1.165) is 0 Å². The summed E-state index contributed by atoms with van der Waals surface area (Å²) in [6.07, 6.45) is 2.60. The molecule has 0 saturated heterocycles. The van der Waals surface area contributed by atoms with Crippen molar-refractivity contribution in [3.05, 3.63) is 84.2 Å². The van der Waals surface area contributed by atoms with Crippen LogP contribution in [-0.2, 0) is 0 Å². The molecule has 2 heterocycles. The normalized spacial score (nSPS) is 17.6. The first kappa shape index (κ1) is 27.6. The summed E-state index contributed by atoms with van der Waals surface area (Å²) in [4.78, 5) is 46.2. The number of hydrogen-bond acceptors (Lipinski definition) is 6. The number of para-hydroxylation sites is 1. The number of urea groups is 1. The van der Waals surface area contributed by atoms with Gasteiger partial charge in [-0.15, -0.1) is 0 Å². The molecule has 1 aliphatic rings. The van der Waals surface area contributed by atoms with Crippen LogP contribution in [0.2, 0.25) is 0 Å². The lowest BCUT2D eigenvalue weighted by Gasteiger charge is -2.38. The van der Waals surface area contributed by atoms with Crippen molar-refractivity contribution in [2.45, 2.75) is 26.0 Å². The Hall–Kier alpha value is -4.44. The highest BCUT2D eigenvalue weighted by Crippen LogP contribution is 2.31. The lowest BCUT2D eigenvalue weighted by atomic mass is 9.99. The number of anilines is 2. The number of ether oxygens (including phenoxy) is 1. The maximum atomic E-state index is 13.6. The van der Waals surface area contributed by atoms with Crippen LogP contribution in [0.5, 0.6) is 5.75 Å². The Bertz CT molecular complexity index is 1300. The van der Waals surface area contributed by atoms with Crippen molar-refractivity contribution in [3.8, 4) is 5.75 Å². The molecule has 4 amide bonds. The fourth-order valence-electron chi connectivity index (χ4n) is 4.32. The number of likely N-dealkylation sites (N-methyl/N-ethyl adjacent to an activating group) is 1. The predicted molar refractivity (Wildman–Crippen MR) is 148 cm³/mol. The molecule has 0 spiro atoms. The van der Waals surface area contributed by atoms with Gasteiger partial charge in [0.15, 0.2) is 0 Å². The molecular formula is C29H33N5O5. The number of fused-ring (bicyclic) bond motifs is 1. The molecule has 0 bridgehead atoms. The number of carbonyl (C=O) groups excluding carboxylic acids is 3. The number of carbonyl (C=O) groups is 3. The minimum Gasteiger partial charge on any atom is -0.487 e. The minimum atomic E-state index is -0.450. The van der Waals surface area contributed by atoms with Crippen LogP contribution in [0.4, 0.5) is 16.2 Å². The van der Waals surface area contributed by atoms with E-state index in [0.29, 0.717) is 29.2 Å². The smallest absolute Gasteiger partial charge is 0.321 e. The van der Waals surface area contributed by atoms with Gasteiger partial charge in [0.1, 0.15) is 11.9 Å². The van der Waals surface area contributed by atoms with Crippen molar-refractivity contribution >= 4 is 29.2 Å². The Kier molecular flexibility index (Phi) is 8.77. The topological polar surface area (TPSA) is 124 Å². The predicted octanol–water partition coefficient (Wildman–Crippen LogP) is 3.72. The number of rotatable bonds is 7. The van der Waals surface area contributed by atoms with E-state index in [4.69, 9.17) is 4.74 Å². The molecule has 10 nitrogen and oxygen atoms in total.